The molecule has 0 aliphatic heterocycles. The Hall–Kier alpha value is -0.860. The lowest BCUT2D eigenvalue weighted by Gasteiger charge is -2.32. The average Bonchev–Trinajstić information content (AvgIpc) is 2.23. The fourth-order valence-electron chi connectivity index (χ4n) is 2.08. The molecule has 2 nitrogen and oxygen atoms in total. The second-order valence-corrected chi connectivity index (χ2v) is 4.33. The number of aliphatic hydroxyl groups is 1. The molecule has 1 saturated carbocycles. The van der Waals surface area contributed by atoms with Gasteiger partial charge in [0.15, 0.2) is 0 Å². The van der Waals surface area contributed by atoms with E-state index in [-0.39, 0.29) is 6.10 Å². The van der Waals surface area contributed by atoms with Crippen molar-refractivity contribution in [3.8, 4) is 0 Å². The van der Waals surface area contributed by atoms with Crippen LogP contribution in [0, 0.1) is 0 Å². The molecule has 1 aliphatic rings. The van der Waals surface area contributed by atoms with E-state index in [1.165, 1.54) is 11.1 Å². The largest absolute Gasteiger partial charge is 0.393 e. The first-order valence-electron chi connectivity index (χ1n) is 5.77. The van der Waals surface area contributed by atoms with Crippen LogP contribution in [0.25, 0.3) is 0 Å². The molecule has 0 saturated heterocycles. The molecule has 0 bridgehead atoms. The van der Waals surface area contributed by atoms with Gasteiger partial charge in [0, 0.05) is 12.6 Å². The smallest absolute Gasteiger partial charge is 0.0570 e. The maximum atomic E-state index is 9.18. The molecule has 1 fully saturated rings. The summed E-state index contributed by atoms with van der Waals surface area (Å²) in [5.74, 6) is 0. The van der Waals surface area contributed by atoms with E-state index in [1.54, 1.807) is 0 Å². The highest BCUT2D eigenvalue weighted by Crippen LogP contribution is 2.20. The minimum atomic E-state index is -0.0658. The molecule has 0 spiro atoms. The number of hydrogen-bond acceptors (Lipinski definition) is 2. The number of aryl methyl sites for hydroxylation is 1. The van der Waals surface area contributed by atoms with Gasteiger partial charge < -0.3 is 10.4 Å². The summed E-state index contributed by atoms with van der Waals surface area (Å²) in [6.45, 7) is 3.12. The molecular formula is C13H19NO. The Morgan fingerprint density at radius 1 is 1.27 bits per heavy atom. The van der Waals surface area contributed by atoms with Crippen LogP contribution >= 0.6 is 0 Å². The van der Waals surface area contributed by atoms with E-state index < -0.39 is 0 Å². The Morgan fingerprint density at radius 3 is 2.53 bits per heavy atom. The Balaban J connectivity index is 1.87. The summed E-state index contributed by atoms with van der Waals surface area (Å²) in [4.78, 5) is 0. The topological polar surface area (TPSA) is 32.3 Å². The molecule has 1 aromatic carbocycles. The predicted molar refractivity (Wildman–Crippen MR) is 61.7 cm³/mol. The SMILES string of the molecule is CCc1ccccc1CNC1CC(O)C1. The van der Waals surface area contributed by atoms with E-state index in [4.69, 9.17) is 0 Å². The van der Waals surface area contributed by atoms with E-state index in [9.17, 15) is 5.11 Å². The predicted octanol–water partition coefficient (Wildman–Crippen LogP) is 1.86. The normalized spacial score (nSPS) is 24.9. The lowest BCUT2D eigenvalue weighted by atomic mass is 9.89. The zero-order chi connectivity index (χ0) is 10.7. The van der Waals surface area contributed by atoms with Crippen LogP contribution in [0.3, 0.4) is 0 Å². The molecule has 1 aliphatic carbocycles. The Labute approximate surface area is 91.3 Å². The second kappa shape index (κ2) is 4.77. The first-order valence-corrected chi connectivity index (χ1v) is 5.77. The van der Waals surface area contributed by atoms with Crippen molar-refractivity contribution in [2.45, 2.75) is 44.9 Å². The highest BCUT2D eigenvalue weighted by Gasteiger charge is 2.26. The van der Waals surface area contributed by atoms with Gasteiger partial charge in [0.25, 0.3) is 0 Å². The van der Waals surface area contributed by atoms with Gasteiger partial charge in [-0.15, -0.1) is 0 Å². The van der Waals surface area contributed by atoms with Crippen molar-refractivity contribution < 1.29 is 5.11 Å². The van der Waals surface area contributed by atoms with Crippen molar-refractivity contribution >= 4 is 0 Å². The third-order valence-electron chi connectivity index (χ3n) is 3.19. The molecule has 0 heterocycles. The molecule has 0 atom stereocenters. The Morgan fingerprint density at radius 2 is 1.93 bits per heavy atom. The van der Waals surface area contributed by atoms with Gasteiger partial charge in [-0.3, -0.25) is 0 Å². The fourth-order valence-corrected chi connectivity index (χ4v) is 2.08. The highest BCUT2D eigenvalue weighted by molar-refractivity contribution is 5.26. The monoisotopic (exact) mass is 205 g/mol. The molecular weight excluding hydrogens is 186 g/mol. The van der Waals surface area contributed by atoms with Crippen LogP contribution in [0.4, 0.5) is 0 Å². The lowest BCUT2D eigenvalue weighted by molar-refractivity contribution is 0.0619. The van der Waals surface area contributed by atoms with Crippen molar-refractivity contribution in [1.29, 1.82) is 0 Å². The Kier molecular flexibility index (Phi) is 3.39. The van der Waals surface area contributed by atoms with Crippen LogP contribution in [0.15, 0.2) is 24.3 Å². The molecule has 0 radical (unpaired) electrons. The zero-order valence-electron chi connectivity index (χ0n) is 9.24. The van der Waals surface area contributed by atoms with Crippen LogP contribution in [-0.2, 0) is 13.0 Å². The van der Waals surface area contributed by atoms with Gasteiger partial charge >= 0.3 is 0 Å². The first-order chi connectivity index (χ1) is 7.29. The van der Waals surface area contributed by atoms with Crippen molar-refractivity contribution in [2.75, 3.05) is 0 Å². The lowest BCUT2D eigenvalue weighted by Crippen LogP contribution is -2.43. The van der Waals surface area contributed by atoms with E-state index in [2.05, 4.69) is 36.5 Å². The number of aliphatic hydroxyl groups excluding tert-OH is 1. The summed E-state index contributed by atoms with van der Waals surface area (Å²) in [5.41, 5.74) is 2.81. The zero-order valence-corrected chi connectivity index (χ0v) is 9.24. The van der Waals surface area contributed by atoms with Gasteiger partial charge in [0.1, 0.15) is 0 Å². The Bertz CT molecular complexity index is 318. The summed E-state index contributed by atoms with van der Waals surface area (Å²) in [6.07, 6.45) is 2.84. The summed E-state index contributed by atoms with van der Waals surface area (Å²) in [5, 5.41) is 12.7. The molecule has 1 aromatic rings. The van der Waals surface area contributed by atoms with Crippen LogP contribution in [0.5, 0.6) is 0 Å². The molecule has 2 rings (SSSR count). The minimum Gasteiger partial charge on any atom is -0.393 e. The van der Waals surface area contributed by atoms with E-state index in [0.717, 1.165) is 25.8 Å². The number of hydrogen-bond donors (Lipinski definition) is 2. The van der Waals surface area contributed by atoms with E-state index >= 15 is 0 Å². The number of benzene rings is 1. The van der Waals surface area contributed by atoms with Gasteiger partial charge in [-0.2, -0.15) is 0 Å². The molecule has 0 amide bonds. The summed E-state index contributed by atoms with van der Waals surface area (Å²) in [6, 6.07) is 9.07. The molecule has 82 valence electrons. The van der Waals surface area contributed by atoms with Crippen molar-refractivity contribution in [3.05, 3.63) is 35.4 Å². The van der Waals surface area contributed by atoms with Gasteiger partial charge in [0.2, 0.25) is 0 Å². The van der Waals surface area contributed by atoms with Gasteiger partial charge in [-0.1, -0.05) is 31.2 Å². The van der Waals surface area contributed by atoms with Crippen LogP contribution in [-0.4, -0.2) is 17.3 Å². The average molecular weight is 205 g/mol. The standard InChI is InChI=1S/C13H19NO/c1-2-10-5-3-4-6-11(10)9-14-12-7-13(15)8-12/h3-6,12-15H,2,7-9H2,1H3. The maximum absolute atomic E-state index is 9.18. The van der Waals surface area contributed by atoms with E-state index in [0.29, 0.717) is 6.04 Å². The summed E-state index contributed by atoms with van der Waals surface area (Å²) < 4.78 is 0. The van der Waals surface area contributed by atoms with Crippen LogP contribution in [0.1, 0.15) is 30.9 Å². The van der Waals surface area contributed by atoms with E-state index in [1.807, 2.05) is 0 Å². The van der Waals surface area contributed by atoms with Crippen LogP contribution in [0.2, 0.25) is 0 Å². The molecule has 0 unspecified atom stereocenters. The summed E-state index contributed by atoms with van der Waals surface area (Å²) in [7, 11) is 0. The first kappa shape index (κ1) is 10.7. The van der Waals surface area contributed by atoms with Crippen molar-refractivity contribution in [2.24, 2.45) is 0 Å². The summed E-state index contributed by atoms with van der Waals surface area (Å²) >= 11 is 0. The van der Waals surface area contributed by atoms with Gasteiger partial charge in [-0.05, 0) is 30.4 Å². The van der Waals surface area contributed by atoms with Gasteiger partial charge in [0.05, 0.1) is 6.10 Å². The molecule has 2 N–H and O–H groups in total. The molecule has 0 aromatic heterocycles. The van der Waals surface area contributed by atoms with Crippen molar-refractivity contribution in [1.82, 2.24) is 5.32 Å². The minimum absolute atomic E-state index is 0.0658. The molecule has 15 heavy (non-hydrogen) atoms. The highest BCUT2D eigenvalue weighted by atomic mass is 16.3. The second-order valence-electron chi connectivity index (χ2n) is 4.33. The van der Waals surface area contributed by atoms with Crippen LogP contribution < -0.4 is 5.32 Å². The van der Waals surface area contributed by atoms with Gasteiger partial charge in [-0.25, -0.2) is 0 Å². The fraction of sp³-hybridized carbons (Fsp3) is 0.538. The number of nitrogens with one attached hydrogen (secondary N) is 1. The van der Waals surface area contributed by atoms with Crippen molar-refractivity contribution in [3.63, 3.8) is 0 Å². The third kappa shape index (κ3) is 2.58. The number of rotatable bonds is 4. The quantitative estimate of drug-likeness (QED) is 0.786. The maximum Gasteiger partial charge on any atom is 0.0570 e. The molecule has 2 heteroatoms. The third-order valence-corrected chi connectivity index (χ3v) is 3.19.